The number of guanidine groups is 1. The summed E-state index contributed by atoms with van der Waals surface area (Å²) in [6, 6.07) is 4.28. The Kier molecular flexibility index (Phi) is 8.01. The predicted octanol–water partition coefficient (Wildman–Crippen LogP) is 2.43. The van der Waals surface area contributed by atoms with Crippen molar-refractivity contribution in [3.05, 3.63) is 36.3 Å². The molecule has 6 nitrogen and oxygen atoms in total. The minimum atomic E-state index is 0.177. The van der Waals surface area contributed by atoms with Crippen LogP contribution in [0.5, 0.6) is 0 Å². The van der Waals surface area contributed by atoms with Crippen LogP contribution in [0.1, 0.15) is 30.4 Å². The molecule has 1 atom stereocenters. The summed E-state index contributed by atoms with van der Waals surface area (Å²) in [7, 11) is 3.90. The molecular weight excluding hydrogens is 316 g/mol. The molecule has 0 radical (unpaired) electrons. The van der Waals surface area contributed by atoms with Crippen molar-refractivity contribution in [1.29, 1.82) is 0 Å². The second kappa shape index (κ2) is 10.3. The molecular formula is C19H32N4O2. The lowest BCUT2D eigenvalue weighted by Crippen LogP contribution is -2.46. The fourth-order valence-corrected chi connectivity index (χ4v) is 3.08. The molecule has 0 bridgehead atoms. The van der Waals surface area contributed by atoms with Gasteiger partial charge in [0.05, 0.1) is 19.3 Å². The lowest BCUT2D eigenvalue weighted by molar-refractivity contribution is 0.0123. The van der Waals surface area contributed by atoms with E-state index in [0.29, 0.717) is 0 Å². The highest BCUT2D eigenvalue weighted by Crippen LogP contribution is 2.23. The summed E-state index contributed by atoms with van der Waals surface area (Å²) >= 11 is 0. The van der Waals surface area contributed by atoms with Crippen molar-refractivity contribution in [3.63, 3.8) is 0 Å². The molecule has 1 aromatic rings. The number of nitrogens with one attached hydrogen (secondary N) is 1. The van der Waals surface area contributed by atoms with Crippen LogP contribution >= 0.6 is 0 Å². The zero-order chi connectivity index (χ0) is 18.1. The SMILES string of the molecule is C=CCCCN(C)C(=NC)NCC(c1ccc(C)o1)N1CCOCC1. The molecule has 2 rings (SSSR count). The molecule has 6 heteroatoms. The van der Waals surface area contributed by atoms with Crippen molar-refractivity contribution in [3.8, 4) is 0 Å². The van der Waals surface area contributed by atoms with Gasteiger partial charge >= 0.3 is 0 Å². The van der Waals surface area contributed by atoms with E-state index in [1.165, 1.54) is 0 Å². The minimum absolute atomic E-state index is 0.177. The largest absolute Gasteiger partial charge is 0.465 e. The van der Waals surface area contributed by atoms with E-state index in [4.69, 9.17) is 9.15 Å². The van der Waals surface area contributed by atoms with Gasteiger partial charge in [-0.05, 0) is 31.9 Å². The van der Waals surface area contributed by atoms with Crippen molar-refractivity contribution in [2.75, 3.05) is 53.5 Å². The van der Waals surface area contributed by atoms with Crippen LogP contribution in [0.2, 0.25) is 0 Å². The number of hydrogen-bond donors (Lipinski definition) is 1. The Morgan fingerprint density at radius 1 is 1.44 bits per heavy atom. The van der Waals surface area contributed by atoms with Crippen LogP contribution in [0.15, 0.2) is 34.2 Å². The second-order valence-corrected chi connectivity index (χ2v) is 6.39. The van der Waals surface area contributed by atoms with E-state index in [1.807, 2.05) is 26.1 Å². The van der Waals surface area contributed by atoms with Crippen molar-refractivity contribution < 1.29 is 9.15 Å². The summed E-state index contributed by atoms with van der Waals surface area (Å²) in [6.45, 7) is 10.8. The highest BCUT2D eigenvalue weighted by atomic mass is 16.5. The Labute approximate surface area is 151 Å². The third-order valence-electron chi connectivity index (χ3n) is 4.50. The van der Waals surface area contributed by atoms with Crippen LogP contribution in [-0.4, -0.2) is 69.2 Å². The van der Waals surface area contributed by atoms with Crippen LogP contribution in [0.4, 0.5) is 0 Å². The molecule has 0 amide bonds. The van der Waals surface area contributed by atoms with Crippen LogP contribution in [-0.2, 0) is 4.74 Å². The summed E-state index contributed by atoms with van der Waals surface area (Å²) < 4.78 is 11.4. The predicted molar refractivity (Wildman–Crippen MR) is 102 cm³/mol. The van der Waals surface area contributed by atoms with Crippen LogP contribution in [0.3, 0.4) is 0 Å². The first-order chi connectivity index (χ1) is 12.2. The average molecular weight is 348 g/mol. The van der Waals surface area contributed by atoms with Crippen LogP contribution < -0.4 is 5.32 Å². The zero-order valence-electron chi connectivity index (χ0n) is 15.8. The van der Waals surface area contributed by atoms with Gasteiger partial charge in [0.25, 0.3) is 0 Å². The molecule has 140 valence electrons. The Morgan fingerprint density at radius 2 is 2.20 bits per heavy atom. The maximum atomic E-state index is 5.92. The van der Waals surface area contributed by atoms with Crippen LogP contribution in [0.25, 0.3) is 0 Å². The van der Waals surface area contributed by atoms with Crippen LogP contribution in [0, 0.1) is 6.92 Å². The standard InChI is InChI=1S/C19H32N4O2/c1-5-6-7-10-22(4)19(20-3)21-15-17(18-9-8-16(2)25-18)23-11-13-24-14-12-23/h5,8-9,17H,1,6-7,10-15H2,2-4H3,(H,20,21). The first kappa shape index (κ1) is 19.5. The molecule has 0 saturated carbocycles. The molecule has 0 aromatic carbocycles. The van der Waals surface area contributed by atoms with Crippen molar-refractivity contribution >= 4 is 5.96 Å². The summed E-state index contributed by atoms with van der Waals surface area (Å²) in [5.41, 5.74) is 0. The van der Waals surface area contributed by atoms with E-state index in [2.05, 4.69) is 39.8 Å². The van der Waals surface area contributed by atoms with Gasteiger partial charge in [-0.2, -0.15) is 0 Å². The molecule has 25 heavy (non-hydrogen) atoms. The molecule has 1 aromatic heterocycles. The topological polar surface area (TPSA) is 53.2 Å². The molecule has 1 aliphatic rings. The number of hydrogen-bond acceptors (Lipinski definition) is 4. The number of unbranched alkanes of at least 4 members (excludes halogenated alkanes) is 1. The highest BCUT2D eigenvalue weighted by Gasteiger charge is 2.25. The number of allylic oxidation sites excluding steroid dienone is 1. The molecule has 0 spiro atoms. The maximum Gasteiger partial charge on any atom is 0.193 e. The molecule has 1 N–H and O–H groups in total. The first-order valence-corrected chi connectivity index (χ1v) is 9.06. The van der Waals surface area contributed by atoms with Gasteiger partial charge in [0.15, 0.2) is 5.96 Å². The fraction of sp³-hybridized carbons (Fsp3) is 0.632. The summed E-state index contributed by atoms with van der Waals surface area (Å²) in [4.78, 5) is 8.99. The third-order valence-corrected chi connectivity index (χ3v) is 4.50. The molecule has 2 heterocycles. The number of furan rings is 1. The van der Waals surface area contributed by atoms with Gasteiger partial charge in [-0.3, -0.25) is 9.89 Å². The van der Waals surface area contributed by atoms with E-state index in [1.54, 1.807) is 0 Å². The van der Waals surface area contributed by atoms with E-state index in [9.17, 15) is 0 Å². The van der Waals surface area contributed by atoms with Gasteiger partial charge in [0.1, 0.15) is 11.5 Å². The van der Waals surface area contributed by atoms with Crippen molar-refractivity contribution in [1.82, 2.24) is 15.1 Å². The summed E-state index contributed by atoms with van der Waals surface area (Å²) in [6.07, 6.45) is 4.05. The lowest BCUT2D eigenvalue weighted by atomic mass is 10.1. The van der Waals surface area contributed by atoms with Gasteiger partial charge in [-0.25, -0.2) is 0 Å². The average Bonchev–Trinajstić information content (AvgIpc) is 3.05. The third kappa shape index (κ3) is 5.90. The van der Waals surface area contributed by atoms with E-state index in [0.717, 1.165) is 69.7 Å². The van der Waals surface area contributed by atoms with E-state index in [-0.39, 0.29) is 6.04 Å². The first-order valence-electron chi connectivity index (χ1n) is 9.06. The molecule has 1 unspecified atom stereocenters. The zero-order valence-corrected chi connectivity index (χ0v) is 15.8. The van der Waals surface area contributed by atoms with Gasteiger partial charge in [-0.1, -0.05) is 6.08 Å². The number of aliphatic imine (C=N–C) groups is 1. The fourth-order valence-electron chi connectivity index (χ4n) is 3.08. The molecule has 1 saturated heterocycles. The highest BCUT2D eigenvalue weighted by molar-refractivity contribution is 5.79. The van der Waals surface area contributed by atoms with Gasteiger partial charge < -0.3 is 19.4 Å². The number of rotatable bonds is 8. The smallest absolute Gasteiger partial charge is 0.193 e. The van der Waals surface area contributed by atoms with E-state index >= 15 is 0 Å². The number of aryl methyl sites for hydroxylation is 1. The summed E-state index contributed by atoms with van der Waals surface area (Å²) in [5, 5.41) is 3.51. The quantitative estimate of drug-likeness (QED) is 0.338. The van der Waals surface area contributed by atoms with E-state index < -0.39 is 0 Å². The Balaban J connectivity index is 1.99. The normalized spacial score (nSPS) is 17.3. The van der Waals surface area contributed by atoms with Crippen molar-refractivity contribution in [2.24, 2.45) is 4.99 Å². The summed E-state index contributed by atoms with van der Waals surface area (Å²) in [5.74, 6) is 2.85. The second-order valence-electron chi connectivity index (χ2n) is 6.39. The molecule has 0 aliphatic carbocycles. The number of morpholine rings is 1. The Bertz CT molecular complexity index is 549. The van der Waals surface area contributed by atoms with Gasteiger partial charge in [-0.15, -0.1) is 6.58 Å². The van der Waals surface area contributed by atoms with Crippen molar-refractivity contribution in [2.45, 2.75) is 25.8 Å². The minimum Gasteiger partial charge on any atom is -0.465 e. The lowest BCUT2D eigenvalue weighted by Gasteiger charge is -2.34. The Morgan fingerprint density at radius 3 is 2.80 bits per heavy atom. The van der Waals surface area contributed by atoms with Gasteiger partial charge in [0, 0.05) is 40.3 Å². The Hall–Kier alpha value is -1.79. The van der Waals surface area contributed by atoms with Gasteiger partial charge in [0.2, 0.25) is 0 Å². The number of nitrogens with zero attached hydrogens (tertiary/aromatic N) is 3. The molecule has 1 fully saturated rings. The number of ether oxygens (including phenoxy) is 1. The monoisotopic (exact) mass is 348 g/mol. The molecule has 1 aliphatic heterocycles. The maximum absolute atomic E-state index is 5.92.